The molecule has 2 amide bonds. The van der Waals surface area contributed by atoms with Gasteiger partial charge < -0.3 is 10.4 Å². The number of para-hydroxylation sites is 1. The number of aromatic hydroxyl groups is 1. The van der Waals surface area contributed by atoms with Crippen molar-refractivity contribution in [2.75, 3.05) is 16.8 Å². The molecule has 0 aliphatic rings. The van der Waals surface area contributed by atoms with Crippen LogP contribution >= 0.6 is 11.8 Å². The number of carbonyl (C=O) groups is 2. The van der Waals surface area contributed by atoms with Crippen molar-refractivity contribution in [3.05, 3.63) is 60.2 Å². The van der Waals surface area contributed by atoms with Crippen LogP contribution in [0.1, 0.15) is 5.56 Å². The number of benzene rings is 2. The molecule has 0 spiro atoms. The van der Waals surface area contributed by atoms with E-state index in [4.69, 9.17) is 5.11 Å². The van der Waals surface area contributed by atoms with Crippen molar-refractivity contribution in [2.45, 2.75) is 0 Å². The Balaban J connectivity index is 1.64. The molecule has 2 aromatic rings. The molecule has 0 aromatic heterocycles. The van der Waals surface area contributed by atoms with Crippen molar-refractivity contribution >= 4 is 35.5 Å². The first-order valence-corrected chi connectivity index (χ1v) is 8.32. The standard InChI is InChI=1S/C17H17N3O3S/c21-15-8-6-13(7-9-15)10-18-20-17(23)12-24-11-16(22)19-14-4-2-1-3-5-14/h1-10,21H,11-12H2,(H,19,22)(H,20,23)/b18-10-. The molecular formula is C17H17N3O3S. The van der Waals surface area contributed by atoms with Gasteiger partial charge in [0.25, 0.3) is 0 Å². The molecule has 0 aliphatic heterocycles. The van der Waals surface area contributed by atoms with E-state index >= 15 is 0 Å². The van der Waals surface area contributed by atoms with Crippen LogP contribution in [0, 0.1) is 0 Å². The van der Waals surface area contributed by atoms with Gasteiger partial charge in [0, 0.05) is 5.69 Å². The number of nitrogens with one attached hydrogen (secondary N) is 2. The van der Waals surface area contributed by atoms with Crippen LogP contribution in [0.25, 0.3) is 0 Å². The Kier molecular flexibility index (Phi) is 6.85. The van der Waals surface area contributed by atoms with Crippen LogP contribution in [0.15, 0.2) is 59.7 Å². The molecule has 2 rings (SSSR count). The van der Waals surface area contributed by atoms with Gasteiger partial charge in [-0.1, -0.05) is 18.2 Å². The summed E-state index contributed by atoms with van der Waals surface area (Å²) in [6, 6.07) is 15.6. The van der Waals surface area contributed by atoms with Gasteiger partial charge in [0.1, 0.15) is 5.75 Å². The smallest absolute Gasteiger partial charge is 0.250 e. The van der Waals surface area contributed by atoms with Crippen LogP contribution in [-0.4, -0.2) is 34.6 Å². The minimum atomic E-state index is -0.289. The molecule has 6 nitrogen and oxygen atoms in total. The minimum Gasteiger partial charge on any atom is -0.508 e. The van der Waals surface area contributed by atoms with Gasteiger partial charge in [-0.2, -0.15) is 5.10 Å². The Morgan fingerprint density at radius 3 is 2.38 bits per heavy atom. The predicted molar refractivity (Wildman–Crippen MR) is 96.2 cm³/mol. The highest BCUT2D eigenvalue weighted by Crippen LogP contribution is 2.08. The zero-order chi connectivity index (χ0) is 17.2. The molecule has 0 saturated heterocycles. The van der Waals surface area contributed by atoms with Crippen molar-refractivity contribution in [3.8, 4) is 5.75 Å². The summed E-state index contributed by atoms with van der Waals surface area (Å²) in [7, 11) is 0. The molecule has 0 radical (unpaired) electrons. The van der Waals surface area contributed by atoms with Crippen LogP contribution in [0.3, 0.4) is 0 Å². The van der Waals surface area contributed by atoms with Gasteiger partial charge in [-0.05, 0) is 42.0 Å². The van der Waals surface area contributed by atoms with Crippen molar-refractivity contribution in [2.24, 2.45) is 5.10 Å². The second-order valence-electron chi connectivity index (χ2n) is 4.79. The summed E-state index contributed by atoms with van der Waals surface area (Å²) in [5.41, 5.74) is 3.87. The molecule has 2 aromatic carbocycles. The van der Waals surface area contributed by atoms with Gasteiger partial charge in [0.15, 0.2) is 0 Å². The normalized spacial score (nSPS) is 10.5. The van der Waals surface area contributed by atoms with E-state index in [1.165, 1.54) is 30.1 Å². The van der Waals surface area contributed by atoms with E-state index in [2.05, 4.69) is 15.8 Å². The lowest BCUT2D eigenvalue weighted by molar-refractivity contribution is -0.118. The van der Waals surface area contributed by atoms with E-state index < -0.39 is 0 Å². The Labute approximate surface area is 144 Å². The number of amides is 2. The highest BCUT2D eigenvalue weighted by Gasteiger charge is 2.05. The average molecular weight is 343 g/mol. The third-order valence-corrected chi connectivity index (χ3v) is 3.75. The zero-order valence-corrected chi connectivity index (χ0v) is 13.6. The van der Waals surface area contributed by atoms with Gasteiger partial charge in [-0.3, -0.25) is 9.59 Å². The second-order valence-corrected chi connectivity index (χ2v) is 5.78. The molecule has 0 fully saturated rings. The number of hydrogen-bond donors (Lipinski definition) is 3. The van der Waals surface area contributed by atoms with E-state index in [-0.39, 0.29) is 29.1 Å². The van der Waals surface area contributed by atoms with E-state index in [1.54, 1.807) is 24.3 Å². The average Bonchev–Trinajstić information content (AvgIpc) is 2.57. The predicted octanol–water partition coefficient (Wildman–Crippen LogP) is 2.21. The number of anilines is 1. The molecule has 7 heteroatoms. The van der Waals surface area contributed by atoms with Crippen LogP contribution in [0.2, 0.25) is 0 Å². The van der Waals surface area contributed by atoms with Gasteiger partial charge in [-0.25, -0.2) is 5.43 Å². The monoisotopic (exact) mass is 343 g/mol. The SMILES string of the molecule is O=C(CSCC(=O)Nc1ccccc1)N/N=C\c1ccc(O)cc1. The van der Waals surface area contributed by atoms with Gasteiger partial charge in [-0.15, -0.1) is 11.8 Å². The first-order valence-electron chi connectivity index (χ1n) is 7.17. The number of phenols is 1. The number of thioether (sulfide) groups is 1. The number of carbonyl (C=O) groups excluding carboxylic acids is 2. The van der Waals surface area contributed by atoms with Gasteiger partial charge in [0.05, 0.1) is 17.7 Å². The summed E-state index contributed by atoms with van der Waals surface area (Å²) in [5, 5.41) is 15.7. The molecule has 0 heterocycles. The summed E-state index contributed by atoms with van der Waals surface area (Å²) in [4.78, 5) is 23.3. The summed E-state index contributed by atoms with van der Waals surface area (Å²) >= 11 is 1.21. The van der Waals surface area contributed by atoms with Crippen LogP contribution in [0.5, 0.6) is 5.75 Å². The molecule has 3 N–H and O–H groups in total. The highest BCUT2D eigenvalue weighted by molar-refractivity contribution is 8.00. The first-order chi connectivity index (χ1) is 11.6. The topological polar surface area (TPSA) is 90.8 Å². The highest BCUT2D eigenvalue weighted by atomic mass is 32.2. The third kappa shape index (κ3) is 6.53. The second kappa shape index (κ2) is 9.36. The Morgan fingerprint density at radius 2 is 1.67 bits per heavy atom. The summed E-state index contributed by atoms with van der Waals surface area (Å²) in [5.74, 6) is 0.0366. The van der Waals surface area contributed by atoms with Crippen LogP contribution in [-0.2, 0) is 9.59 Å². The van der Waals surface area contributed by atoms with E-state index in [1.807, 2.05) is 18.2 Å². The fraction of sp³-hybridized carbons (Fsp3) is 0.118. The number of rotatable bonds is 7. The fourth-order valence-corrected chi connectivity index (χ4v) is 2.34. The van der Waals surface area contributed by atoms with Crippen LogP contribution in [0.4, 0.5) is 5.69 Å². The number of hydrogen-bond acceptors (Lipinski definition) is 5. The number of phenolic OH excluding ortho intramolecular Hbond substituents is 1. The zero-order valence-electron chi connectivity index (χ0n) is 12.8. The lowest BCUT2D eigenvalue weighted by Crippen LogP contribution is -2.21. The van der Waals surface area contributed by atoms with Gasteiger partial charge >= 0.3 is 0 Å². The Hall–Kier alpha value is -2.80. The quantitative estimate of drug-likeness (QED) is 0.531. The maximum absolute atomic E-state index is 11.7. The molecule has 0 bridgehead atoms. The molecule has 0 atom stereocenters. The van der Waals surface area contributed by atoms with E-state index in [0.29, 0.717) is 0 Å². The number of hydrazone groups is 1. The third-order valence-electron chi connectivity index (χ3n) is 2.82. The lowest BCUT2D eigenvalue weighted by Gasteiger charge is -2.04. The Bertz CT molecular complexity index is 703. The largest absolute Gasteiger partial charge is 0.508 e. The van der Waals surface area contributed by atoms with E-state index in [9.17, 15) is 9.59 Å². The van der Waals surface area contributed by atoms with Gasteiger partial charge in [0.2, 0.25) is 11.8 Å². The molecule has 0 unspecified atom stereocenters. The minimum absolute atomic E-state index is 0.134. The molecule has 0 aliphatic carbocycles. The Morgan fingerprint density at radius 1 is 1.00 bits per heavy atom. The van der Waals surface area contributed by atoms with Crippen molar-refractivity contribution in [1.29, 1.82) is 0 Å². The molecule has 124 valence electrons. The maximum Gasteiger partial charge on any atom is 0.250 e. The first kappa shape index (κ1) is 17.6. The maximum atomic E-state index is 11.7. The summed E-state index contributed by atoms with van der Waals surface area (Å²) < 4.78 is 0. The lowest BCUT2D eigenvalue weighted by atomic mass is 10.2. The number of nitrogens with zero attached hydrogens (tertiary/aromatic N) is 1. The fourth-order valence-electron chi connectivity index (χ4n) is 1.73. The van der Waals surface area contributed by atoms with Crippen LogP contribution < -0.4 is 10.7 Å². The van der Waals surface area contributed by atoms with E-state index in [0.717, 1.165) is 11.3 Å². The molecule has 24 heavy (non-hydrogen) atoms. The van der Waals surface area contributed by atoms with Crippen molar-refractivity contribution in [3.63, 3.8) is 0 Å². The molecular weight excluding hydrogens is 326 g/mol. The summed E-state index contributed by atoms with van der Waals surface area (Å²) in [6.45, 7) is 0. The van der Waals surface area contributed by atoms with Crippen molar-refractivity contribution < 1.29 is 14.7 Å². The van der Waals surface area contributed by atoms with Crippen molar-refractivity contribution in [1.82, 2.24) is 5.43 Å². The summed E-state index contributed by atoms with van der Waals surface area (Å²) in [6.07, 6.45) is 1.48. The molecule has 0 saturated carbocycles.